The first-order valence-corrected chi connectivity index (χ1v) is 24.4. The van der Waals surface area contributed by atoms with Crippen LogP contribution in [-0.2, 0) is 26.3 Å². The van der Waals surface area contributed by atoms with Gasteiger partial charge in [0.25, 0.3) is 5.91 Å². The molecular formula is C49H48F3N9O6S. The highest BCUT2D eigenvalue weighted by Gasteiger charge is 2.40. The van der Waals surface area contributed by atoms with E-state index in [4.69, 9.17) is 0 Å². The summed E-state index contributed by atoms with van der Waals surface area (Å²) in [5.41, 5.74) is 3.80. The van der Waals surface area contributed by atoms with Crippen LogP contribution < -0.4 is 14.9 Å². The van der Waals surface area contributed by atoms with Gasteiger partial charge in [-0.25, -0.2) is 18.2 Å². The number of rotatable bonds is 11. The maximum Gasteiger partial charge on any atom is 0.301 e. The van der Waals surface area contributed by atoms with Gasteiger partial charge < -0.3 is 19.7 Å². The number of imide groups is 1. The van der Waals surface area contributed by atoms with Crippen LogP contribution in [0.15, 0.2) is 67.0 Å². The molecule has 15 nitrogen and oxygen atoms in total. The van der Waals surface area contributed by atoms with Gasteiger partial charge in [-0.05, 0) is 117 Å². The van der Waals surface area contributed by atoms with Crippen LogP contribution in [0.1, 0.15) is 93.8 Å². The zero-order valence-electron chi connectivity index (χ0n) is 36.9. The highest BCUT2D eigenvalue weighted by molar-refractivity contribution is 7.90. The zero-order chi connectivity index (χ0) is 47.4. The summed E-state index contributed by atoms with van der Waals surface area (Å²) in [5.74, 6) is -3.66. The van der Waals surface area contributed by atoms with Gasteiger partial charge >= 0.3 is 10.2 Å². The van der Waals surface area contributed by atoms with Gasteiger partial charge in [0.2, 0.25) is 17.6 Å². The number of nitrogens with one attached hydrogen (secondary N) is 3. The summed E-state index contributed by atoms with van der Waals surface area (Å²) in [6, 6.07) is 16.6. The monoisotopic (exact) mass is 947 g/mol. The molecule has 2 aromatic heterocycles. The molecule has 0 saturated carbocycles. The number of H-pyrrole nitrogens is 1. The Hall–Kier alpha value is -6.62. The third-order valence-electron chi connectivity index (χ3n) is 14.3. The van der Waals surface area contributed by atoms with Crippen LogP contribution in [0.5, 0.6) is 0 Å². The molecule has 5 aromatic rings. The number of nitriles is 1. The molecule has 2 atom stereocenters. The molecule has 0 aliphatic carbocycles. The van der Waals surface area contributed by atoms with E-state index in [9.17, 15) is 37.2 Å². The van der Waals surface area contributed by atoms with Crippen LogP contribution in [0, 0.1) is 28.9 Å². The van der Waals surface area contributed by atoms with Crippen LogP contribution in [0.2, 0.25) is 0 Å². The van der Waals surface area contributed by atoms with E-state index in [1.807, 2.05) is 29.0 Å². The summed E-state index contributed by atoms with van der Waals surface area (Å²) < 4.78 is 73.3. The lowest BCUT2D eigenvalue weighted by molar-refractivity contribution is -0.136. The Kier molecular flexibility index (Phi) is 12.0. The molecule has 0 bridgehead atoms. The van der Waals surface area contributed by atoms with E-state index in [-0.39, 0.29) is 47.8 Å². The summed E-state index contributed by atoms with van der Waals surface area (Å²) in [4.78, 5) is 64.8. The average Bonchev–Trinajstić information content (AvgIpc) is 4.07. The van der Waals surface area contributed by atoms with E-state index in [0.29, 0.717) is 47.1 Å². The summed E-state index contributed by atoms with van der Waals surface area (Å²) >= 11 is 0. The number of fused-ring (bicyclic) bond motifs is 2. The van der Waals surface area contributed by atoms with Crippen LogP contribution >= 0.6 is 0 Å². The zero-order valence-corrected chi connectivity index (χ0v) is 37.8. The molecule has 0 spiro atoms. The maximum atomic E-state index is 15.8. The lowest BCUT2D eigenvalue weighted by Gasteiger charge is -2.38. The minimum atomic E-state index is -4.38. The number of anilines is 2. The van der Waals surface area contributed by atoms with E-state index < -0.39 is 63.5 Å². The third kappa shape index (κ3) is 8.60. The number of ketones is 1. The number of aromatic amines is 1. The number of alkyl halides is 1. The van der Waals surface area contributed by atoms with Crippen molar-refractivity contribution in [3.8, 4) is 17.2 Å². The highest BCUT2D eigenvalue weighted by atomic mass is 32.2. The van der Waals surface area contributed by atoms with Crippen molar-refractivity contribution in [1.82, 2.24) is 29.4 Å². The number of carbonyl (C=O) groups excluding carboxylic acids is 4. The van der Waals surface area contributed by atoms with Crippen molar-refractivity contribution >= 4 is 56.1 Å². The van der Waals surface area contributed by atoms with Gasteiger partial charge in [0.1, 0.15) is 29.7 Å². The first-order chi connectivity index (χ1) is 32.7. The number of amides is 3. The number of halogens is 3. The molecule has 3 aromatic carbocycles. The largest absolute Gasteiger partial charge is 0.370 e. The molecule has 4 fully saturated rings. The normalized spacial score (nSPS) is 21.1. The minimum absolute atomic E-state index is 0.0114. The minimum Gasteiger partial charge on any atom is -0.370 e. The van der Waals surface area contributed by atoms with Crippen molar-refractivity contribution in [2.45, 2.75) is 69.6 Å². The number of nitrogens with zero attached hydrogens (tertiary/aromatic N) is 6. The molecule has 10 rings (SSSR count). The molecule has 5 aliphatic rings. The summed E-state index contributed by atoms with van der Waals surface area (Å²) in [7, 11) is -4.38. The second kappa shape index (κ2) is 18.1. The average molecular weight is 948 g/mol. The fourth-order valence-corrected chi connectivity index (χ4v) is 11.8. The molecule has 0 radical (unpaired) electrons. The van der Waals surface area contributed by atoms with Gasteiger partial charge in [0, 0.05) is 80.2 Å². The second-order valence-corrected chi connectivity index (χ2v) is 20.1. The molecule has 68 heavy (non-hydrogen) atoms. The molecule has 3 N–H and O–H groups in total. The summed E-state index contributed by atoms with van der Waals surface area (Å²) in [5, 5.41) is 12.9. The number of hydrogen-bond acceptors (Lipinski definition) is 10. The number of hydrogen-bond donors (Lipinski definition) is 3. The van der Waals surface area contributed by atoms with Crippen molar-refractivity contribution in [2.75, 3.05) is 55.4 Å². The molecular weight excluding hydrogens is 900 g/mol. The SMILES string of the molecule is N#Cc1cc(-c2cnc3[nH]cc(C(=O)c4c(F)ccc(NS(=O)(=O)N5CCC(F)C5)c4F)c3c2)ccc1N1CCC(CN2CCC(c3ccc4c(c3)CN([C@H]3CCC(=O)NC3=O)C4=O)CC2)CC1. The smallest absolute Gasteiger partial charge is 0.301 e. The van der Waals surface area contributed by atoms with Crippen LogP contribution in [0.25, 0.3) is 22.2 Å². The van der Waals surface area contributed by atoms with Gasteiger partial charge in [0.15, 0.2) is 5.82 Å². The van der Waals surface area contributed by atoms with E-state index in [2.05, 4.69) is 37.2 Å². The van der Waals surface area contributed by atoms with E-state index in [1.165, 1.54) is 11.8 Å². The second-order valence-electron chi connectivity index (χ2n) is 18.5. The quantitative estimate of drug-likeness (QED) is 0.102. The Labute approximate surface area is 390 Å². The fraction of sp³-hybridized carbons (Fsp3) is 0.388. The number of benzene rings is 3. The molecule has 5 aliphatic heterocycles. The summed E-state index contributed by atoms with van der Waals surface area (Å²) in [6.45, 7) is 4.35. The Morgan fingerprint density at radius 1 is 0.912 bits per heavy atom. The molecule has 352 valence electrons. The van der Waals surface area contributed by atoms with Crippen molar-refractivity contribution in [2.24, 2.45) is 5.92 Å². The number of carbonyl (C=O) groups is 4. The van der Waals surface area contributed by atoms with Crippen LogP contribution in [-0.4, -0.2) is 114 Å². The standard InChI is InChI=1S/C49H48F3N9O6S/c50-35-13-18-60(27-35)68(66,67)57-40-5-4-39(51)44(45(40)52)46(63)38-24-55-47-37(38)21-33(23-54-47)31-2-6-41(32(19-31)22-53)59-16-9-28(10-17-59)25-58-14-11-29(12-15-58)30-1-3-36-34(20-30)26-61(49(36)65)42-7-8-43(62)56-48(42)64/h1-6,19-21,23-24,28-29,35,42,57H,7-18,25-27H2,(H,54,55)(H,56,62,64)/t35?,42-/m0/s1. The molecule has 4 saturated heterocycles. The van der Waals surface area contributed by atoms with E-state index in [1.54, 1.807) is 23.2 Å². The maximum absolute atomic E-state index is 15.8. The Morgan fingerprint density at radius 2 is 1.71 bits per heavy atom. The first-order valence-electron chi connectivity index (χ1n) is 23.0. The van der Waals surface area contributed by atoms with Crippen molar-refractivity contribution < 1.29 is 40.8 Å². The molecule has 7 heterocycles. The van der Waals surface area contributed by atoms with E-state index >= 15 is 8.78 Å². The van der Waals surface area contributed by atoms with Crippen molar-refractivity contribution in [1.29, 1.82) is 5.26 Å². The predicted octanol–water partition coefficient (Wildman–Crippen LogP) is 6.17. The van der Waals surface area contributed by atoms with Gasteiger partial charge in [-0.2, -0.15) is 18.0 Å². The first kappa shape index (κ1) is 45.2. The molecule has 19 heteroatoms. The van der Waals surface area contributed by atoms with Crippen molar-refractivity contribution in [3.63, 3.8) is 0 Å². The highest BCUT2D eigenvalue weighted by Crippen LogP contribution is 2.37. The number of piperidine rings is 3. The van der Waals surface area contributed by atoms with Crippen molar-refractivity contribution in [3.05, 3.63) is 112 Å². The number of pyridine rings is 1. The Morgan fingerprint density at radius 3 is 2.44 bits per heavy atom. The number of likely N-dealkylation sites (tertiary alicyclic amines) is 1. The Bertz CT molecular complexity index is 3030. The van der Waals surface area contributed by atoms with Gasteiger partial charge in [-0.1, -0.05) is 18.2 Å². The van der Waals surface area contributed by atoms with Gasteiger partial charge in [0.05, 0.1) is 22.5 Å². The molecule has 3 amide bonds. The topological polar surface area (TPSA) is 192 Å². The predicted molar refractivity (Wildman–Crippen MR) is 246 cm³/mol. The lowest BCUT2D eigenvalue weighted by Crippen LogP contribution is -2.52. The van der Waals surface area contributed by atoms with Crippen LogP contribution in [0.4, 0.5) is 24.5 Å². The van der Waals surface area contributed by atoms with Gasteiger partial charge in [-0.15, -0.1) is 0 Å². The van der Waals surface area contributed by atoms with Gasteiger partial charge in [-0.3, -0.25) is 29.2 Å². The fourth-order valence-electron chi connectivity index (χ4n) is 10.5. The Balaban J connectivity index is 0.755. The number of aromatic nitrogens is 2. The third-order valence-corrected chi connectivity index (χ3v) is 15.8. The van der Waals surface area contributed by atoms with Crippen LogP contribution in [0.3, 0.4) is 0 Å². The van der Waals surface area contributed by atoms with E-state index in [0.717, 1.165) is 86.1 Å². The lowest BCUT2D eigenvalue weighted by atomic mass is 9.87. The molecule has 1 unspecified atom stereocenters. The summed E-state index contributed by atoms with van der Waals surface area (Å²) in [6.07, 6.45) is 5.98.